The molecule has 22 heteroatoms. The van der Waals surface area contributed by atoms with Gasteiger partial charge in [0.15, 0.2) is 29.1 Å². The summed E-state index contributed by atoms with van der Waals surface area (Å²) in [6.07, 6.45) is -4.43. The van der Waals surface area contributed by atoms with Gasteiger partial charge in [-0.15, -0.1) is 0 Å². The molecule has 1 fully saturated rings. The van der Waals surface area contributed by atoms with Crippen LogP contribution in [0.3, 0.4) is 0 Å². The Labute approximate surface area is 257 Å². The first kappa shape index (κ1) is 37.1. The topological polar surface area (TPSA) is 256 Å². The predicted octanol–water partition coefficient (Wildman–Crippen LogP) is -0.439. The van der Waals surface area contributed by atoms with Crippen LogP contribution in [0, 0.1) is 0 Å². The molecular formula is C22H38ClN5O14P2. The quantitative estimate of drug-likeness (QED) is 0.0519. The van der Waals surface area contributed by atoms with E-state index in [-0.39, 0.29) is 22.3 Å². The maximum absolute atomic E-state index is 11.9. The first-order valence-electron chi connectivity index (χ1n) is 13.4. The Morgan fingerprint density at radius 3 is 2.11 bits per heavy atom. The van der Waals surface area contributed by atoms with Crippen LogP contribution in [0.5, 0.6) is 0 Å². The molecule has 0 amide bonds. The van der Waals surface area contributed by atoms with Crippen LogP contribution in [0.15, 0.2) is 6.33 Å². The lowest BCUT2D eigenvalue weighted by Gasteiger charge is -2.18. The number of methoxy groups -OCH3 is 1. The van der Waals surface area contributed by atoms with E-state index in [0.717, 1.165) is 0 Å². The maximum Gasteiger partial charge on any atom is 0.340 e. The fourth-order valence-corrected chi connectivity index (χ4v) is 6.64. The summed E-state index contributed by atoms with van der Waals surface area (Å²) in [7, 11) is -7.95. The van der Waals surface area contributed by atoms with Crippen LogP contribution in [0.2, 0.25) is 5.28 Å². The molecule has 44 heavy (non-hydrogen) atoms. The summed E-state index contributed by atoms with van der Waals surface area (Å²) in [5, 5.41) is 23.9. The number of hydrogen-bond donors (Lipinski definition) is 6. The summed E-state index contributed by atoms with van der Waals surface area (Å²) in [6.45, 7) is 3.51. The molecule has 0 aromatic carbocycles. The Balaban J connectivity index is 1.43. The summed E-state index contributed by atoms with van der Waals surface area (Å²) < 4.78 is 61.2. The molecule has 0 spiro atoms. The fourth-order valence-electron chi connectivity index (χ4n) is 3.91. The minimum Gasteiger partial charge on any atom is -0.387 e. The van der Waals surface area contributed by atoms with E-state index in [0.29, 0.717) is 66.0 Å². The SMILES string of the molecule is COCCOCCOCCOCCOCCNc1nc(Cl)nc2c1ncn2C1OC(COP(=O)(O)CP(=O)(O)O)C(O)C1O. The van der Waals surface area contributed by atoms with Gasteiger partial charge in [0.1, 0.15) is 18.3 Å². The fraction of sp³-hybridized carbons (Fsp3) is 0.773. The minimum atomic E-state index is -4.85. The lowest BCUT2D eigenvalue weighted by molar-refractivity contribution is -0.0483. The summed E-state index contributed by atoms with van der Waals surface area (Å²) in [5.41, 5.74) is 0.422. The molecule has 2 aromatic rings. The molecule has 0 radical (unpaired) electrons. The van der Waals surface area contributed by atoms with Crippen LogP contribution in [0.1, 0.15) is 6.23 Å². The van der Waals surface area contributed by atoms with Gasteiger partial charge in [-0.1, -0.05) is 0 Å². The van der Waals surface area contributed by atoms with Gasteiger partial charge in [-0.3, -0.25) is 13.7 Å². The standard InChI is InChI=1S/C22H38ClN5O14P2/c1-36-4-5-38-8-9-40-11-10-39-7-6-37-3-2-24-19-16-20(27-22(23)26-19)28(13-25-16)21-18(30)17(29)15(42-21)12-41-44(34,35)14-43(31,32)33/h13,15,17-18,21,29-30H,2-12,14H2,1H3,(H,34,35)(H,24,26,27)(H2,31,32,33). The third-order valence-electron chi connectivity index (χ3n) is 5.90. The maximum atomic E-state index is 11.9. The molecule has 252 valence electrons. The van der Waals surface area contributed by atoms with Crippen molar-refractivity contribution in [3.8, 4) is 0 Å². The molecule has 3 heterocycles. The number of ether oxygens (including phenoxy) is 6. The zero-order chi connectivity index (χ0) is 32.2. The molecule has 0 bridgehead atoms. The molecule has 0 aliphatic carbocycles. The van der Waals surface area contributed by atoms with Gasteiger partial charge in [0.05, 0.1) is 72.4 Å². The number of aliphatic hydroxyl groups excluding tert-OH is 2. The van der Waals surface area contributed by atoms with Crippen molar-refractivity contribution in [3.63, 3.8) is 0 Å². The van der Waals surface area contributed by atoms with Crippen LogP contribution in [0.4, 0.5) is 5.82 Å². The van der Waals surface area contributed by atoms with Gasteiger partial charge >= 0.3 is 15.2 Å². The molecule has 1 saturated heterocycles. The molecule has 19 nitrogen and oxygen atoms in total. The summed E-state index contributed by atoms with van der Waals surface area (Å²) in [4.78, 5) is 40.1. The number of nitrogens with one attached hydrogen (secondary N) is 1. The number of hydrogen-bond acceptors (Lipinski definition) is 15. The van der Waals surface area contributed by atoms with Crippen LogP contribution in [-0.2, 0) is 42.1 Å². The van der Waals surface area contributed by atoms with Crippen molar-refractivity contribution in [2.75, 3.05) is 90.9 Å². The second kappa shape index (κ2) is 18.1. The highest BCUT2D eigenvalue weighted by Crippen LogP contribution is 2.55. The van der Waals surface area contributed by atoms with E-state index in [1.807, 2.05) is 0 Å². The molecular weight excluding hydrogens is 656 g/mol. The largest absolute Gasteiger partial charge is 0.387 e. The number of imidazole rings is 1. The average Bonchev–Trinajstić information content (AvgIpc) is 3.48. The zero-order valence-electron chi connectivity index (χ0n) is 23.8. The van der Waals surface area contributed by atoms with Crippen molar-refractivity contribution in [1.29, 1.82) is 0 Å². The number of rotatable bonds is 22. The second-order valence-electron chi connectivity index (χ2n) is 9.32. The van der Waals surface area contributed by atoms with E-state index >= 15 is 0 Å². The first-order chi connectivity index (χ1) is 20.9. The van der Waals surface area contributed by atoms with E-state index in [4.69, 9.17) is 54.3 Å². The van der Waals surface area contributed by atoms with Crippen molar-refractivity contribution in [1.82, 2.24) is 19.5 Å². The van der Waals surface area contributed by atoms with Gasteiger partial charge in [-0.25, -0.2) is 4.98 Å². The van der Waals surface area contributed by atoms with Crippen molar-refractivity contribution >= 4 is 43.8 Å². The van der Waals surface area contributed by atoms with E-state index in [9.17, 15) is 24.2 Å². The average molecular weight is 694 g/mol. The van der Waals surface area contributed by atoms with Gasteiger partial charge in [-0.2, -0.15) is 9.97 Å². The molecule has 5 unspecified atom stereocenters. The lowest BCUT2D eigenvalue weighted by atomic mass is 10.1. The smallest absolute Gasteiger partial charge is 0.340 e. The van der Waals surface area contributed by atoms with E-state index in [2.05, 4.69) is 20.3 Å². The number of fused-ring (bicyclic) bond motifs is 1. The Bertz CT molecular complexity index is 1260. The molecule has 3 rings (SSSR count). The van der Waals surface area contributed by atoms with Gasteiger partial charge in [0.2, 0.25) is 5.28 Å². The van der Waals surface area contributed by atoms with E-state index < -0.39 is 52.2 Å². The summed E-state index contributed by atoms with van der Waals surface area (Å²) in [6, 6.07) is 0. The number of aliphatic hydroxyl groups is 2. The van der Waals surface area contributed by atoms with Crippen LogP contribution < -0.4 is 5.32 Å². The van der Waals surface area contributed by atoms with Gasteiger partial charge in [0, 0.05) is 13.7 Å². The minimum absolute atomic E-state index is 0.147. The summed E-state index contributed by atoms with van der Waals surface area (Å²) >= 11 is 6.11. The molecule has 1 aliphatic rings. The summed E-state index contributed by atoms with van der Waals surface area (Å²) in [5.74, 6) is -1.14. The van der Waals surface area contributed by atoms with E-state index in [1.54, 1.807) is 7.11 Å². The normalized spacial score (nSPS) is 22.1. The van der Waals surface area contributed by atoms with Crippen LogP contribution in [-0.4, -0.2) is 148 Å². The Kier molecular flexibility index (Phi) is 15.2. The van der Waals surface area contributed by atoms with Gasteiger partial charge in [-0.05, 0) is 11.6 Å². The molecule has 0 saturated carbocycles. The lowest BCUT2D eigenvalue weighted by Crippen LogP contribution is -2.33. The molecule has 1 aliphatic heterocycles. The molecule has 6 N–H and O–H groups in total. The van der Waals surface area contributed by atoms with Crippen molar-refractivity contribution < 1.29 is 67.0 Å². The number of halogens is 1. The monoisotopic (exact) mass is 693 g/mol. The molecule has 5 atom stereocenters. The van der Waals surface area contributed by atoms with Crippen LogP contribution in [0.25, 0.3) is 11.2 Å². The number of nitrogens with zero attached hydrogens (tertiary/aromatic N) is 4. The van der Waals surface area contributed by atoms with Crippen molar-refractivity contribution in [2.45, 2.75) is 24.5 Å². The van der Waals surface area contributed by atoms with E-state index in [1.165, 1.54) is 10.9 Å². The van der Waals surface area contributed by atoms with Crippen molar-refractivity contribution in [3.05, 3.63) is 11.6 Å². The van der Waals surface area contributed by atoms with Gasteiger partial charge in [0.25, 0.3) is 0 Å². The van der Waals surface area contributed by atoms with Crippen molar-refractivity contribution in [2.24, 2.45) is 0 Å². The predicted molar refractivity (Wildman–Crippen MR) is 153 cm³/mol. The number of aromatic nitrogens is 4. The Morgan fingerprint density at radius 1 is 0.932 bits per heavy atom. The zero-order valence-corrected chi connectivity index (χ0v) is 26.4. The van der Waals surface area contributed by atoms with Crippen LogP contribution >= 0.6 is 26.8 Å². The third-order valence-corrected chi connectivity index (χ3v) is 9.52. The highest BCUT2D eigenvalue weighted by molar-refractivity contribution is 7.70. The molecule has 2 aromatic heterocycles. The number of anilines is 1. The Hall–Kier alpha value is -1.38. The highest BCUT2D eigenvalue weighted by Gasteiger charge is 2.45. The first-order valence-corrected chi connectivity index (χ1v) is 17.3. The third kappa shape index (κ3) is 12.1. The highest BCUT2D eigenvalue weighted by atomic mass is 35.5. The second-order valence-corrected chi connectivity index (χ2v) is 13.7. The van der Waals surface area contributed by atoms with Gasteiger partial charge < -0.3 is 63.2 Å². The Morgan fingerprint density at radius 2 is 1.52 bits per heavy atom.